The van der Waals surface area contributed by atoms with Crippen molar-refractivity contribution >= 4 is 23.8 Å². The molecule has 1 saturated heterocycles. The second kappa shape index (κ2) is 5.31. The average Bonchev–Trinajstić information content (AvgIpc) is 2.93. The number of amides is 2. The van der Waals surface area contributed by atoms with E-state index in [0.29, 0.717) is 18.1 Å². The van der Waals surface area contributed by atoms with Crippen LogP contribution in [0.3, 0.4) is 0 Å². The van der Waals surface area contributed by atoms with Crippen LogP contribution in [0.1, 0.15) is 24.9 Å². The molecule has 1 aromatic carbocycles. The third kappa shape index (κ3) is 2.63. The molecule has 2 amide bonds. The third-order valence-electron chi connectivity index (χ3n) is 4.09. The number of benzene rings is 1. The minimum absolute atomic E-state index is 0.0517. The number of hydrogen-bond donors (Lipinski definition) is 0. The van der Waals surface area contributed by atoms with Crippen LogP contribution >= 0.6 is 11.6 Å². The van der Waals surface area contributed by atoms with E-state index in [2.05, 4.69) is 5.10 Å². The summed E-state index contributed by atoms with van der Waals surface area (Å²) in [7, 11) is 1.67. The van der Waals surface area contributed by atoms with Crippen molar-refractivity contribution in [3.8, 4) is 0 Å². The highest BCUT2D eigenvalue weighted by molar-refractivity contribution is 6.30. The van der Waals surface area contributed by atoms with Crippen LogP contribution in [0, 0.1) is 0 Å². The van der Waals surface area contributed by atoms with Crippen LogP contribution < -0.4 is 0 Å². The first-order chi connectivity index (χ1) is 10.0. The molecule has 1 aromatic rings. The number of ether oxygens (including phenoxy) is 1. The molecule has 5 nitrogen and oxygen atoms in total. The van der Waals surface area contributed by atoms with Crippen LogP contribution in [-0.4, -0.2) is 48.0 Å². The van der Waals surface area contributed by atoms with Gasteiger partial charge in [0.15, 0.2) is 0 Å². The number of carbonyl (C=O) groups excluding carboxylic acids is 1. The maximum absolute atomic E-state index is 12.5. The zero-order chi connectivity index (χ0) is 15.0. The van der Waals surface area contributed by atoms with E-state index in [1.807, 2.05) is 31.2 Å². The molecule has 2 heterocycles. The lowest BCUT2D eigenvalue weighted by molar-refractivity contribution is -0.0961. The van der Waals surface area contributed by atoms with Crippen LogP contribution in [0.25, 0.3) is 0 Å². The van der Waals surface area contributed by atoms with Gasteiger partial charge in [-0.25, -0.2) is 9.80 Å². The number of likely N-dealkylation sites (tertiary alicyclic amines) is 1. The Morgan fingerprint density at radius 1 is 1.38 bits per heavy atom. The minimum Gasteiger partial charge on any atom is -0.375 e. The van der Waals surface area contributed by atoms with Crippen molar-refractivity contribution in [2.24, 2.45) is 5.10 Å². The molecule has 1 atom stereocenters. The van der Waals surface area contributed by atoms with Crippen molar-refractivity contribution in [3.63, 3.8) is 0 Å². The molecule has 0 aliphatic carbocycles. The van der Waals surface area contributed by atoms with E-state index in [9.17, 15) is 4.79 Å². The number of carbonyl (C=O) groups is 1. The Morgan fingerprint density at radius 2 is 2.05 bits per heavy atom. The number of rotatable bonds is 2. The molecule has 0 saturated carbocycles. The Bertz CT molecular complexity index is 567. The number of halogens is 1. The molecular formula is C15H18ClN3O2. The summed E-state index contributed by atoms with van der Waals surface area (Å²) in [5.41, 5.74) is 0.815. The van der Waals surface area contributed by atoms with Gasteiger partial charge in [-0.05, 0) is 24.6 Å². The minimum atomic E-state index is -0.227. The summed E-state index contributed by atoms with van der Waals surface area (Å²) in [6.45, 7) is 3.20. The summed E-state index contributed by atoms with van der Waals surface area (Å²) in [6, 6.07) is 7.43. The quantitative estimate of drug-likeness (QED) is 0.843. The lowest BCUT2D eigenvalue weighted by atomic mass is 9.97. The molecule has 0 spiro atoms. The predicted octanol–water partition coefficient (Wildman–Crippen LogP) is 2.91. The molecule has 0 N–H and O–H groups in total. The molecule has 0 radical (unpaired) electrons. The number of urea groups is 1. The molecular weight excluding hydrogens is 290 g/mol. The fraction of sp³-hybridized carbons (Fsp3) is 0.467. The fourth-order valence-corrected chi connectivity index (χ4v) is 2.86. The molecule has 3 rings (SSSR count). The van der Waals surface area contributed by atoms with E-state index >= 15 is 0 Å². The summed E-state index contributed by atoms with van der Waals surface area (Å²) >= 11 is 5.91. The Hall–Kier alpha value is -1.59. The first-order valence-electron chi connectivity index (χ1n) is 6.94. The SMILES string of the molecule is COC1(C)CN(C(=O)N2N=CCC2c2ccc(Cl)cc2)C1. The van der Waals surface area contributed by atoms with Crippen molar-refractivity contribution < 1.29 is 9.53 Å². The van der Waals surface area contributed by atoms with Crippen molar-refractivity contribution in [3.05, 3.63) is 34.9 Å². The van der Waals surface area contributed by atoms with Crippen molar-refractivity contribution in [1.29, 1.82) is 0 Å². The summed E-state index contributed by atoms with van der Waals surface area (Å²) < 4.78 is 5.38. The van der Waals surface area contributed by atoms with Gasteiger partial charge >= 0.3 is 6.03 Å². The highest BCUT2D eigenvalue weighted by Gasteiger charge is 2.44. The van der Waals surface area contributed by atoms with E-state index in [1.54, 1.807) is 23.2 Å². The van der Waals surface area contributed by atoms with Crippen LogP contribution in [-0.2, 0) is 4.74 Å². The van der Waals surface area contributed by atoms with Gasteiger partial charge < -0.3 is 9.64 Å². The van der Waals surface area contributed by atoms with Gasteiger partial charge in [-0.2, -0.15) is 5.10 Å². The van der Waals surface area contributed by atoms with Crippen molar-refractivity contribution in [2.75, 3.05) is 20.2 Å². The standard InChI is InChI=1S/C15H18ClN3O2/c1-15(21-2)9-18(10-15)14(20)19-13(7-8-17-19)11-3-5-12(16)6-4-11/h3-6,8,13H,7,9-10H2,1-2H3. The van der Waals surface area contributed by atoms with E-state index < -0.39 is 0 Å². The van der Waals surface area contributed by atoms with Crippen LogP contribution in [0.2, 0.25) is 5.02 Å². The molecule has 2 aliphatic rings. The van der Waals surface area contributed by atoms with Crippen LogP contribution in [0.5, 0.6) is 0 Å². The van der Waals surface area contributed by atoms with Gasteiger partial charge in [0.1, 0.15) is 5.60 Å². The first kappa shape index (κ1) is 14.4. The smallest absolute Gasteiger partial charge is 0.341 e. The average molecular weight is 308 g/mol. The fourth-order valence-electron chi connectivity index (χ4n) is 2.73. The largest absolute Gasteiger partial charge is 0.375 e. The van der Waals surface area contributed by atoms with Gasteiger partial charge in [-0.1, -0.05) is 23.7 Å². The molecule has 21 heavy (non-hydrogen) atoms. The maximum atomic E-state index is 12.5. The maximum Gasteiger partial charge on any atom is 0.341 e. The third-order valence-corrected chi connectivity index (χ3v) is 4.35. The number of hydrogen-bond acceptors (Lipinski definition) is 3. The van der Waals surface area contributed by atoms with Gasteiger partial charge in [-0.15, -0.1) is 0 Å². The summed E-state index contributed by atoms with van der Waals surface area (Å²) in [4.78, 5) is 14.3. The second-order valence-electron chi connectivity index (χ2n) is 5.74. The molecule has 112 valence electrons. The van der Waals surface area contributed by atoms with Gasteiger partial charge in [0.2, 0.25) is 0 Å². The number of methoxy groups -OCH3 is 1. The lowest BCUT2D eigenvalue weighted by Gasteiger charge is -2.47. The van der Waals surface area contributed by atoms with Crippen molar-refractivity contribution in [2.45, 2.75) is 25.0 Å². The molecule has 6 heteroatoms. The van der Waals surface area contributed by atoms with Crippen LogP contribution in [0.4, 0.5) is 4.79 Å². The summed E-state index contributed by atoms with van der Waals surface area (Å²) in [6.07, 6.45) is 2.51. The molecule has 0 bridgehead atoms. The van der Waals surface area contributed by atoms with Gasteiger partial charge in [0.25, 0.3) is 0 Å². The summed E-state index contributed by atoms with van der Waals surface area (Å²) in [5.74, 6) is 0. The van der Waals surface area contributed by atoms with Gasteiger partial charge in [0.05, 0.1) is 19.1 Å². The monoisotopic (exact) mass is 307 g/mol. The molecule has 1 fully saturated rings. The lowest BCUT2D eigenvalue weighted by Crippen LogP contribution is -2.64. The van der Waals surface area contributed by atoms with Crippen LogP contribution in [0.15, 0.2) is 29.4 Å². The van der Waals surface area contributed by atoms with Crippen molar-refractivity contribution in [1.82, 2.24) is 9.91 Å². The zero-order valence-electron chi connectivity index (χ0n) is 12.1. The highest BCUT2D eigenvalue weighted by atomic mass is 35.5. The topological polar surface area (TPSA) is 45.1 Å². The molecule has 1 unspecified atom stereocenters. The second-order valence-corrected chi connectivity index (χ2v) is 6.17. The normalized spacial score (nSPS) is 23.3. The highest BCUT2D eigenvalue weighted by Crippen LogP contribution is 2.32. The molecule has 2 aliphatic heterocycles. The Labute approximate surface area is 129 Å². The predicted molar refractivity (Wildman–Crippen MR) is 81.5 cm³/mol. The first-order valence-corrected chi connectivity index (χ1v) is 7.31. The summed E-state index contributed by atoms with van der Waals surface area (Å²) in [5, 5.41) is 6.48. The number of nitrogens with zero attached hydrogens (tertiary/aromatic N) is 3. The number of hydrazone groups is 1. The Morgan fingerprint density at radius 3 is 2.67 bits per heavy atom. The molecule has 0 aromatic heterocycles. The van der Waals surface area contributed by atoms with E-state index in [1.165, 1.54) is 0 Å². The Kier molecular flexibility index (Phi) is 3.63. The van der Waals surface area contributed by atoms with E-state index in [0.717, 1.165) is 12.0 Å². The van der Waals surface area contributed by atoms with E-state index in [4.69, 9.17) is 16.3 Å². The van der Waals surface area contributed by atoms with Gasteiger partial charge in [-0.3, -0.25) is 0 Å². The van der Waals surface area contributed by atoms with E-state index in [-0.39, 0.29) is 17.7 Å². The van der Waals surface area contributed by atoms with Gasteiger partial charge in [0, 0.05) is 24.8 Å². The zero-order valence-corrected chi connectivity index (χ0v) is 12.9. The Balaban J connectivity index is 1.71.